The van der Waals surface area contributed by atoms with Crippen LogP contribution >= 0.6 is 0 Å². The molecule has 0 atom stereocenters. The Bertz CT molecular complexity index is 512. The zero-order valence-corrected chi connectivity index (χ0v) is 10.8. The van der Waals surface area contributed by atoms with Crippen LogP contribution in [-0.2, 0) is 5.41 Å². The summed E-state index contributed by atoms with van der Waals surface area (Å²) in [6.45, 7) is 6.32. The van der Waals surface area contributed by atoms with Gasteiger partial charge in [0.25, 0.3) is 0 Å². The highest BCUT2D eigenvalue weighted by Gasteiger charge is 2.14. The van der Waals surface area contributed by atoms with E-state index >= 15 is 0 Å². The molecule has 3 heteroatoms. The van der Waals surface area contributed by atoms with E-state index in [1.807, 2.05) is 12.1 Å². The second kappa shape index (κ2) is 4.77. The monoisotopic (exact) mass is 245 g/mol. The predicted molar refractivity (Wildman–Crippen MR) is 69.4 cm³/mol. The van der Waals surface area contributed by atoms with Crippen LogP contribution in [0.4, 0.5) is 4.39 Å². The normalized spacial score (nSPS) is 11.3. The third kappa shape index (κ3) is 3.06. The number of hydrogen-bond donors (Lipinski definition) is 0. The van der Waals surface area contributed by atoms with Crippen molar-refractivity contribution in [2.45, 2.75) is 26.2 Å². The topological polar surface area (TPSA) is 22.1 Å². The lowest BCUT2D eigenvalue weighted by atomic mass is 9.92. The number of halogens is 1. The highest BCUT2D eigenvalue weighted by molar-refractivity contribution is 5.30. The van der Waals surface area contributed by atoms with E-state index in [1.165, 1.54) is 12.1 Å². The van der Waals surface area contributed by atoms with Crippen LogP contribution in [0, 0.1) is 5.82 Å². The fourth-order valence-corrected chi connectivity index (χ4v) is 1.52. The molecule has 2 aromatic rings. The van der Waals surface area contributed by atoms with Crippen molar-refractivity contribution in [1.82, 2.24) is 4.98 Å². The van der Waals surface area contributed by atoms with E-state index in [2.05, 4.69) is 25.8 Å². The van der Waals surface area contributed by atoms with Crippen molar-refractivity contribution in [1.29, 1.82) is 0 Å². The summed E-state index contributed by atoms with van der Waals surface area (Å²) in [5.41, 5.74) is 1.03. The molecule has 0 aliphatic rings. The van der Waals surface area contributed by atoms with Crippen LogP contribution in [-0.4, -0.2) is 4.98 Å². The van der Waals surface area contributed by atoms with Gasteiger partial charge in [-0.2, -0.15) is 0 Å². The van der Waals surface area contributed by atoms with Gasteiger partial charge in [0.2, 0.25) is 0 Å². The first-order valence-corrected chi connectivity index (χ1v) is 5.85. The summed E-state index contributed by atoms with van der Waals surface area (Å²) in [5, 5.41) is 0. The predicted octanol–water partition coefficient (Wildman–Crippen LogP) is 4.31. The summed E-state index contributed by atoms with van der Waals surface area (Å²) < 4.78 is 18.3. The largest absolute Gasteiger partial charge is 0.456 e. The van der Waals surface area contributed by atoms with Crippen LogP contribution in [0.15, 0.2) is 42.6 Å². The average Bonchev–Trinajstić information content (AvgIpc) is 2.32. The number of rotatable bonds is 2. The molecule has 1 aromatic carbocycles. The summed E-state index contributed by atoms with van der Waals surface area (Å²) in [4.78, 5) is 4.36. The van der Waals surface area contributed by atoms with Crippen molar-refractivity contribution in [3.63, 3.8) is 0 Å². The van der Waals surface area contributed by atoms with Gasteiger partial charge in [-0.1, -0.05) is 20.8 Å². The SMILES string of the molecule is CC(C)(C)c1ccc(Oc2ccc(F)cc2)cn1. The van der Waals surface area contributed by atoms with Gasteiger partial charge in [0, 0.05) is 11.1 Å². The Hall–Kier alpha value is -1.90. The van der Waals surface area contributed by atoms with Gasteiger partial charge >= 0.3 is 0 Å². The molecule has 0 saturated carbocycles. The lowest BCUT2D eigenvalue weighted by Gasteiger charge is -2.17. The van der Waals surface area contributed by atoms with Crippen LogP contribution in [0.5, 0.6) is 11.5 Å². The lowest BCUT2D eigenvalue weighted by Crippen LogP contribution is -2.12. The minimum atomic E-state index is -0.274. The average molecular weight is 245 g/mol. The highest BCUT2D eigenvalue weighted by atomic mass is 19.1. The van der Waals surface area contributed by atoms with Crippen LogP contribution in [0.25, 0.3) is 0 Å². The van der Waals surface area contributed by atoms with Crippen molar-refractivity contribution in [3.8, 4) is 11.5 Å². The number of pyridine rings is 1. The van der Waals surface area contributed by atoms with Gasteiger partial charge in [0.15, 0.2) is 0 Å². The third-order valence-electron chi connectivity index (χ3n) is 2.55. The Kier molecular flexibility index (Phi) is 3.32. The molecule has 0 spiro atoms. The van der Waals surface area contributed by atoms with E-state index in [4.69, 9.17) is 4.74 Å². The molecular formula is C15H16FNO. The van der Waals surface area contributed by atoms with Crippen LogP contribution in [0.3, 0.4) is 0 Å². The number of benzene rings is 1. The molecule has 94 valence electrons. The van der Waals surface area contributed by atoms with Gasteiger partial charge in [0.1, 0.15) is 17.3 Å². The second-order valence-corrected chi connectivity index (χ2v) is 5.19. The quantitative estimate of drug-likeness (QED) is 0.786. The summed E-state index contributed by atoms with van der Waals surface area (Å²) in [6, 6.07) is 9.73. The summed E-state index contributed by atoms with van der Waals surface area (Å²) in [7, 11) is 0. The van der Waals surface area contributed by atoms with Gasteiger partial charge in [-0.25, -0.2) is 4.39 Å². The van der Waals surface area contributed by atoms with Gasteiger partial charge in [-0.3, -0.25) is 4.98 Å². The zero-order valence-electron chi connectivity index (χ0n) is 10.8. The zero-order chi connectivity index (χ0) is 13.2. The summed E-state index contributed by atoms with van der Waals surface area (Å²) >= 11 is 0. The highest BCUT2D eigenvalue weighted by Crippen LogP contribution is 2.24. The molecular weight excluding hydrogens is 229 g/mol. The van der Waals surface area contributed by atoms with Crippen molar-refractivity contribution in [2.75, 3.05) is 0 Å². The molecule has 2 nitrogen and oxygen atoms in total. The maximum Gasteiger partial charge on any atom is 0.145 e. The van der Waals surface area contributed by atoms with Crippen molar-refractivity contribution >= 4 is 0 Å². The van der Waals surface area contributed by atoms with Gasteiger partial charge in [-0.05, 0) is 36.4 Å². The molecule has 1 aromatic heterocycles. The first-order chi connectivity index (χ1) is 8.45. The van der Waals surface area contributed by atoms with Gasteiger partial charge < -0.3 is 4.74 Å². The van der Waals surface area contributed by atoms with E-state index in [0.717, 1.165) is 5.69 Å². The molecule has 0 N–H and O–H groups in total. The van der Waals surface area contributed by atoms with Crippen LogP contribution < -0.4 is 4.74 Å². The molecule has 2 rings (SSSR count). The van der Waals surface area contributed by atoms with Gasteiger partial charge in [0.05, 0.1) is 6.20 Å². The fraction of sp³-hybridized carbons (Fsp3) is 0.267. The molecule has 0 unspecified atom stereocenters. The maximum absolute atomic E-state index is 12.7. The molecule has 18 heavy (non-hydrogen) atoms. The minimum absolute atomic E-state index is 0.0222. The van der Waals surface area contributed by atoms with Crippen molar-refractivity contribution < 1.29 is 9.13 Å². The van der Waals surface area contributed by atoms with Gasteiger partial charge in [-0.15, -0.1) is 0 Å². The summed E-state index contributed by atoms with van der Waals surface area (Å²) in [6.07, 6.45) is 1.68. The molecule has 0 fully saturated rings. The van der Waals surface area contributed by atoms with E-state index in [1.54, 1.807) is 18.3 Å². The van der Waals surface area contributed by atoms with Crippen LogP contribution in [0.1, 0.15) is 26.5 Å². The van der Waals surface area contributed by atoms with Crippen molar-refractivity contribution in [2.24, 2.45) is 0 Å². The Morgan fingerprint density at radius 1 is 0.944 bits per heavy atom. The fourth-order valence-electron chi connectivity index (χ4n) is 1.52. The van der Waals surface area contributed by atoms with E-state index in [9.17, 15) is 4.39 Å². The first-order valence-electron chi connectivity index (χ1n) is 5.85. The molecule has 0 saturated heterocycles. The summed E-state index contributed by atoms with van der Waals surface area (Å²) in [5.74, 6) is 0.972. The molecule has 0 aliphatic carbocycles. The number of nitrogens with zero attached hydrogens (tertiary/aromatic N) is 1. The molecule has 0 amide bonds. The number of ether oxygens (including phenoxy) is 1. The molecule has 0 aliphatic heterocycles. The van der Waals surface area contributed by atoms with E-state index in [0.29, 0.717) is 11.5 Å². The number of hydrogen-bond acceptors (Lipinski definition) is 2. The maximum atomic E-state index is 12.7. The second-order valence-electron chi connectivity index (χ2n) is 5.19. The number of aromatic nitrogens is 1. The molecule has 0 bridgehead atoms. The Labute approximate surface area is 106 Å². The molecule has 0 radical (unpaired) electrons. The third-order valence-corrected chi connectivity index (χ3v) is 2.55. The van der Waals surface area contributed by atoms with Crippen molar-refractivity contribution in [3.05, 3.63) is 54.1 Å². The standard InChI is InChI=1S/C15H16FNO/c1-15(2,3)14-9-8-13(10-17-14)18-12-6-4-11(16)5-7-12/h4-10H,1-3H3. The van der Waals surface area contributed by atoms with Crippen LogP contribution in [0.2, 0.25) is 0 Å². The Balaban J connectivity index is 2.13. The molecule has 1 heterocycles. The first kappa shape index (κ1) is 12.6. The smallest absolute Gasteiger partial charge is 0.145 e. The Morgan fingerprint density at radius 2 is 1.56 bits per heavy atom. The lowest BCUT2D eigenvalue weighted by molar-refractivity contribution is 0.475. The minimum Gasteiger partial charge on any atom is -0.456 e. The van der Waals surface area contributed by atoms with E-state index < -0.39 is 0 Å². The Morgan fingerprint density at radius 3 is 2.06 bits per heavy atom. The van der Waals surface area contributed by atoms with E-state index in [-0.39, 0.29) is 11.2 Å².